The summed E-state index contributed by atoms with van der Waals surface area (Å²) in [4.78, 5) is 0. The normalized spacial score (nSPS) is 15.0. The average molecular weight is 233 g/mol. The predicted molar refractivity (Wildman–Crippen MR) is 59.3 cm³/mol. The van der Waals surface area contributed by atoms with Gasteiger partial charge in [-0.1, -0.05) is 26.3 Å². The molecule has 0 aromatic heterocycles. The fraction of sp³-hybridized carbons (Fsp3) is 0.500. The zero-order chi connectivity index (χ0) is 11.4. The summed E-state index contributed by atoms with van der Waals surface area (Å²) in [7, 11) is 0. The number of benzene rings is 1. The first kappa shape index (κ1) is 12.4. The van der Waals surface area contributed by atoms with Crippen molar-refractivity contribution >= 4 is 11.6 Å². The van der Waals surface area contributed by atoms with Gasteiger partial charge in [-0.25, -0.2) is 8.78 Å². The van der Waals surface area contributed by atoms with E-state index in [4.69, 9.17) is 11.6 Å². The standard InChI is InChI=1S/C12H15ClF2/c1-3-4-10(13)8(2)9-5-6-11(14)12(15)7-9/h5-8,10H,3-4H2,1-2H3. The Bertz CT molecular complexity index is 325. The molecule has 1 aromatic carbocycles. The molecule has 0 radical (unpaired) electrons. The van der Waals surface area contributed by atoms with Gasteiger partial charge in [0, 0.05) is 5.38 Å². The van der Waals surface area contributed by atoms with E-state index in [-0.39, 0.29) is 11.3 Å². The third-order valence-corrected chi connectivity index (χ3v) is 3.17. The second-order valence-electron chi connectivity index (χ2n) is 3.77. The molecule has 84 valence electrons. The van der Waals surface area contributed by atoms with Crippen molar-refractivity contribution in [2.75, 3.05) is 0 Å². The van der Waals surface area contributed by atoms with Crippen molar-refractivity contribution in [1.29, 1.82) is 0 Å². The summed E-state index contributed by atoms with van der Waals surface area (Å²) < 4.78 is 25.7. The molecule has 0 nitrogen and oxygen atoms in total. The molecule has 0 aliphatic heterocycles. The first-order chi connectivity index (χ1) is 7.06. The van der Waals surface area contributed by atoms with E-state index in [1.165, 1.54) is 6.07 Å². The number of alkyl halides is 1. The van der Waals surface area contributed by atoms with E-state index < -0.39 is 11.6 Å². The van der Waals surface area contributed by atoms with E-state index in [0.717, 1.165) is 24.5 Å². The lowest BCUT2D eigenvalue weighted by atomic mass is 9.95. The Morgan fingerprint density at radius 3 is 2.47 bits per heavy atom. The monoisotopic (exact) mass is 232 g/mol. The molecule has 0 aliphatic rings. The quantitative estimate of drug-likeness (QED) is 0.672. The summed E-state index contributed by atoms with van der Waals surface area (Å²) >= 11 is 6.14. The molecule has 0 N–H and O–H groups in total. The van der Waals surface area contributed by atoms with Crippen molar-refractivity contribution in [3.8, 4) is 0 Å². The van der Waals surface area contributed by atoms with Crippen molar-refractivity contribution in [2.45, 2.75) is 38.0 Å². The summed E-state index contributed by atoms with van der Waals surface area (Å²) in [5.74, 6) is -1.58. The maximum Gasteiger partial charge on any atom is 0.159 e. The summed E-state index contributed by atoms with van der Waals surface area (Å²) in [6, 6.07) is 3.97. The molecule has 1 rings (SSSR count). The fourth-order valence-corrected chi connectivity index (χ4v) is 1.89. The second-order valence-corrected chi connectivity index (χ2v) is 4.33. The Labute approximate surface area is 94.3 Å². The van der Waals surface area contributed by atoms with Crippen molar-refractivity contribution in [1.82, 2.24) is 0 Å². The van der Waals surface area contributed by atoms with Crippen molar-refractivity contribution in [3.05, 3.63) is 35.4 Å². The van der Waals surface area contributed by atoms with E-state index in [1.54, 1.807) is 6.07 Å². The topological polar surface area (TPSA) is 0 Å². The summed E-state index contributed by atoms with van der Waals surface area (Å²) in [6.07, 6.45) is 1.86. The largest absolute Gasteiger partial charge is 0.204 e. The number of hydrogen-bond acceptors (Lipinski definition) is 0. The molecule has 15 heavy (non-hydrogen) atoms. The Morgan fingerprint density at radius 1 is 1.27 bits per heavy atom. The van der Waals surface area contributed by atoms with Gasteiger partial charge in [0.1, 0.15) is 0 Å². The fourth-order valence-electron chi connectivity index (χ4n) is 1.53. The smallest absolute Gasteiger partial charge is 0.159 e. The van der Waals surface area contributed by atoms with Gasteiger partial charge in [0.05, 0.1) is 0 Å². The van der Waals surface area contributed by atoms with Gasteiger partial charge < -0.3 is 0 Å². The Hall–Kier alpha value is -0.630. The minimum absolute atomic E-state index is 0.0279. The van der Waals surface area contributed by atoms with Crippen LogP contribution in [-0.4, -0.2) is 5.38 Å². The highest BCUT2D eigenvalue weighted by molar-refractivity contribution is 6.21. The average Bonchev–Trinajstić information content (AvgIpc) is 2.21. The zero-order valence-corrected chi connectivity index (χ0v) is 9.69. The van der Waals surface area contributed by atoms with Crippen LogP contribution in [0.4, 0.5) is 8.78 Å². The third-order valence-electron chi connectivity index (χ3n) is 2.58. The van der Waals surface area contributed by atoms with Gasteiger partial charge in [-0.15, -0.1) is 11.6 Å². The highest BCUT2D eigenvalue weighted by atomic mass is 35.5. The SMILES string of the molecule is CCCC(Cl)C(C)c1ccc(F)c(F)c1. The molecular formula is C12H15ClF2. The number of hydrogen-bond donors (Lipinski definition) is 0. The lowest BCUT2D eigenvalue weighted by Crippen LogP contribution is -2.09. The Kier molecular flexibility index (Phi) is 4.52. The molecule has 0 spiro atoms. The van der Waals surface area contributed by atoms with E-state index >= 15 is 0 Å². The van der Waals surface area contributed by atoms with E-state index in [2.05, 4.69) is 0 Å². The highest BCUT2D eigenvalue weighted by Gasteiger charge is 2.16. The second kappa shape index (κ2) is 5.45. The first-order valence-corrected chi connectivity index (χ1v) is 5.59. The lowest BCUT2D eigenvalue weighted by Gasteiger charge is -2.17. The molecule has 0 aliphatic carbocycles. The molecule has 0 saturated heterocycles. The van der Waals surface area contributed by atoms with Gasteiger partial charge in [-0.2, -0.15) is 0 Å². The molecular weight excluding hydrogens is 218 g/mol. The Morgan fingerprint density at radius 2 is 1.93 bits per heavy atom. The number of rotatable bonds is 4. The summed E-state index contributed by atoms with van der Waals surface area (Å²) in [6.45, 7) is 3.98. The van der Waals surface area contributed by atoms with Crippen LogP contribution in [0.3, 0.4) is 0 Å². The lowest BCUT2D eigenvalue weighted by molar-refractivity contribution is 0.504. The van der Waals surface area contributed by atoms with Gasteiger partial charge >= 0.3 is 0 Å². The van der Waals surface area contributed by atoms with Crippen molar-refractivity contribution < 1.29 is 8.78 Å². The molecule has 3 heteroatoms. The van der Waals surface area contributed by atoms with Gasteiger partial charge in [-0.3, -0.25) is 0 Å². The van der Waals surface area contributed by atoms with Crippen molar-refractivity contribution in [2.24, 2.45) is 0 Å². The molecule has 2 atom stereocenters. The summed E-state index contributed by atoms with van der Waals surface area (Å²) in [5, 5.41) is -0.0279. The maximum atomic E-state index is 13.0. The van der Waals surface area contributed by atoms with Crippen molar-refractivity contribution in [3.63, 3.8) is 0 Å². The van der Waals surface area contributed by atoms with Crippen LogP contribution >= 0.6 is 11.6 Å². The molecule has 0 saturated carbocycles. The molecule has 2 unspecified atom stereocenters. The summed E-state index contributed by atoms with van der Waals surface area (Å²) in [5.41, 5.74) is 0.752. The molecule has 0 amide bonds. The minimum atomic E-state index is -0.812. The molecule has 1 aromatic rings. The maximum absolute atomic E-state index is 13.0. The molecule has 0 bridgehead atoms. The van der Waals surface area contributed by atoms with Gasteiger partial charge in [0.2, 0.25) is 0 Å². The van der Waals surface area contributed by atoms with Crippen LogP contribution in [0.2, 0.25) is 0 Å². The third kappa shape index (κ3) is 3.16. The van der Waals surface area contributed by atoms with E-state index in [9.17, 15) is 8.78 Å². The molecule has 0 fully saturated rings. The van der Waals surface area contributed by atoms with Crippen LogP contribution < -0.4 is 0 Å². The zero-order valence-electron chi connectivity index (χ0n) is 8.93. The van der Waals surface area contributed by atoms with Crippen LogP contribution in [0.5, 0.6) is 0 Å². The molecule has 0 heterocycles. The first-order valence-electron chi connectivity index (χ1n) is 5.15. The predicted octanol–water partition coefficient (Wildman–Crippen LogP) is 4.48. The van der Waals surface area contributed by atoms with Gasteiger partial charge in [-0.05, 0) is 30.0 Å². The van der Waals surface area contributed by atoms with E-state index in [0.29, 0.717) is 0 Å². The van der Waals surface area contributed by atoms with E-state index in [1.807, 2.05) is 13.8 Å². The minimum Gasteiger partial charge on any atom is -0.204 e. The van der Waals surface area contributed by atoms with Crippen LogP contribution in [0.15, 0.2) is 18.2 Å². The Balaban J connectivity index is 2.81. The number of halogens is 3. The van der Waals surface area contributed by atoms with Crippen LogP contribution in [-0.2, 0) is 0 Å². The van der Waals surface area contributed by atoms with Crippen LogP contribution in [0.1, 0.15) is 38.2 Å². The van der Waals surface area contributed by atoms with Crippen LogP contribution in [0.25, 0.3) is 0 Å². The van der Waals surface area contributed by atoms with Gasteiger partial charge in [0.25, 0.3) is 0 Å². The van der Waals surface area contributed by atoms with Gasteiger partial charge in [0.15, 0.2) is 11.6 Å². The van der Waals surface area contributed by atoms with Crippen LogP contribution in [0, 0.1) is 11.6 Å². The highest BCUT2D eigenvalue weighted by Crippen LogP contribution is 2.27.